The molecule has 2 heterocycles. The van der Waals surface area contributed by atoms with Crippen LogP contribution in [0.15, 0.2) is 29.5 Å². The minimum atomic E-state index is 0. The molecule has 7 heteroatoms. The van der Waals surface area contributed by atoms with Gasteiger partial charge in [0.05, 0.1) is 6.54 Å². The molecule has 0 aromatic carbocycles. The summed E-state index contributed by atoms with van der Waals surface area (Å²) in [5, 5.41) is 6.71. The summed E-state index contributed by atoms with van der Waals surface area (Å²) in [5.74, 6) is 2.44. The third-order valence-corrected chi connectivity index (χ3v) is 4.81. The quantitative estimate of drug-likeness (QED) is 0.344. The Kier molecular flexibility index (Phi) is 10.1. The highest BCUT2D eigenvalue weighted by molar-refractivity contribution is 14.0. The first-order chi connectivity index (χ1) is 11.6. The SMILES string of the molecule is CCNC(=NCc1nccn1CC(C)C)NCc1ccc(CC)s1.I. The van der Waals surface area contributed by atoms with E-state index in [1.165, 1.54) is 9.75 Å². The summed E-state index contributed by atoms with van der Waals surface area (Å²) in [6.07, 6.45) is 4.98. The lowest BCUT2D eigenvalue weighted by Gasteiger charge is -2.12. The number of imidazole rings is 1. The molecule has 0 unspecified atom stereocenters. The highest BCUT2D eigenvalue weighted by atomic mass is 127. The fourth-order valence-corrected chi connectivity index (χ4v) is 3.32. The van der Waals surface area contributed by atoms with Crippen LogP contribution in [0, 0.1) is 5.92 Å². The summed E-state index contributed by atoms with van der Waals surface area (Å²) in [5.41, 5.74) is 0. The molecule has 0 fully saturated rings. The molecule has 2 rings (SSSR count). The molecule has 2 aromatic heterocycles. The molecular formula is C18H30IN5S. The number of aryl methyl sites for hydroxylation is 1. The Morgan fingerprint density at radius 2 is 2.00 bits per heavy atom. The number of guanidine groups is 1. The molecule has 0 radical (unpaired) electrons. The van der Waals surface area contributed by atoms with Gasteiger partial charge in [0.1, 0.15) is 12.4 Å². The number of hydrogen-bond donors (Lipinski definition) is 2. The summed E-state index contributed by atoms with van der Waals surface area (Å²) < 4.78 is 2.19. The van der Waals surface area contributed by atoms with Gasteiger partial charge in [-0.2, -0.15) is 0 Å². The third kappa shape index (κ3) is 7.35. The van der Waals surface area contributed by atoms with Crippen molar-refractivity contribution in [3.05, 3.63) is 40.1 Å². The van der Waals surface area contributed by atoms with Crippen LogP contribution >= 0.6 is 35.3 Å². The van der Waals surface area contributed by atoms with Crippen molar-refractivity contribution in [1.29, 1.82) is 0 Å². The van der Waals surface area contributed by atoms with Gasteiger partial charge < -0.3 is 15.2 Å². The summed E-state index contributed by atoms with van der Waals surface area (Å²) in [6.45, 7) is 11.9. The van der Waals surface area contributed by atoms with E-state index in [1.54, 1.807) is 0 Å². The molecule has 0 aliphatic carbocycles. The number of thiophene rings is 1. The summed E-state index contributed by atoms with van der Waals surface area (Å²) in [6, 6.07) is 4.39. The standard InChI is InChI=1S/C18H29N5S.HI/c1-5-15-7-8-16(24-15)11-21-18(19-6-2)22-12-17-20-9-10-23(17)13-14(3)4;/h7-10,14H,5-6,11-13H2,1-4H3,(H2,19,21,22);1H. The van der Waals surface area contributed by atoms with Crippen LogP contribution < -0.4 is 10.6 Å². The van der Waals surface area contributed by atoms with E-state index in [9.17, 15) is 0 Å². The van der Waals surface area contributed by atoms with Crippen molar-refractivity contribution < 1.29 is 0 Å². The molecule has 2 N–H and O–H groups in total. The van der Waals surface area contributed by atoms with Crippen LogP contribution in [-0.4, -0.2) is 22.1 Å². The number of rotatable bonds is 8. The highest BCUT2D eigenvalue weighted by Gasteiger charge is 2.05. The van der Waals surface area contributed by atoms with Gasteiger partial charge in [-0.15, -0.1) is 35.3 Å². The molecule has 0 aliphatic heterocycles. The monoisotopic (exact) mass is 475 g/mol. The minimum absolute atomic E-state index is 0. The zero-order chi connectivity index (χ0) is 17.4. The van der Waals surface area contributed by atoms with Crippen LogP contribution in [0.5, 0.6) is 0 Å². The zero-order valence-corrected chi connectivity index (χ0v) is 18.7. The van der Waals surface area contributed by atoms with E-state index in [0.29, 0.717) is 12.5 Å². The lowest BCUT2D eigenvalue weighted by Crippen LogP contribution is -2.36. The normalized spacial score (nSPS) is 11.5. The Morgan fingerprint density at radius 3 is 2.64 bits per heavy atom. The van der Waals surface area contributed by atoms with E-state index in [0.717, 1.165) is 37.8 Å². The second kappa shape index (κ2) is 11.5. The molecule has 2 aromatic rings. The second-order valence-electron chi connectivity index (χ2n) is 6.16. The maximum atomic E-state index is 4.68. The van der Waals surface area contributed by atoms with Crippen molar-refractivity contribution in [3.63, 3.8) is 0 Å². The Balaban J connectivity index is 0.00000312. The predicted molar refractivity (Wildman–Crippen MR) is 118 cm³/mol. The van der Waals surface area contributed by atoms with Crippen LogP contribution in [-0.2, 0) is 26.1 Å². The Hall–Kier alpha value is -1.09. The molecule has 5 nitrogen and oxygen atoms in total. The van der Waals surface area contributed by atoms with Gasteiger partial charge in [0.25, 0.3) is 0 Å². The molecule has 0 amide bonds. The first-order valence-corrected chi connectivity index (χ1v) is 9.53. The fraction of sp³-hybridized carbons (Fsp3) is 0.556. The van der Waals surface area contributed by atoms with Crippen molar-refractivity contribution in [2.24, 2.45) is 10.9 Å². The molecule has 0 atom stereocenters. The van der Waals surface area contributed by atoms with Gasteiger partial charge in [0.2, 0.25) is 0 Å². The second-order valence-corrected chi connectivity index (χ2v) is 7.41. The third-order valence-electron chi connectivity index (χ3n) is 3.58. The maximum Gasteiger partial charge on any atom is 0.191 e. The zero-order valence-electron chi connectivity index (χ0n) is 15.6. The van der Waals surface area contributed by atoms with Crippen molar-refractivity contribution in [2.45, 2.75) is 53.8 Å². The van der Waals surface area contributed by atoms with E-state index >= 15 is 0 Å². The lowest BCUT2D eigenvalue weighted by atomic mass is 10.2. The Bertz CT molecular complexity index is 647. The molecular weight excluding hydrogens is 445 g/mol. The average Bonchev–Trinajstić information content (AvgIpc) is 3.18. The van der Waals surface area contributed by atoms with Crippen LogP contribution in [0.2, 0.25) is 0 Å². The van der Waals surface area contributed by atoms with Crippen LogP contribution in [0.25, 0.3) is 0 Å². The van der Waals surface area contributed by atoms with Gasteiger partial charge in [-0.05, 0) is 31.4 Å². The Morgan fingerprint density at radius 1 is 1.24 bits per heavy atom. The molecule has 0 saturated carbocycles. The first-order valence-electron chi connectivity index (χ1n) is 8.72. The smallest absolute Gasteiger partial charge is 0.191 e. The number of nitrogens with one attached hydrogen (secondary N) is 2. The lowest BCUT2D eigenvalue weighted by molar-refractivity contribution is 0.507. The number of nitrogens with zero attached hydrogens (tertiary/aromatic N) is 3. The van der Waals surface area contributed by atoms with Crippen molar-refractivity contribution in [2.75, 3.05) is 6.54 Å². The van der Waals surface area contributed by atoms with Crippen LogP contribution in [0.3, 0.4) is 0 Å². The van der Waals surface area contributed by atoms with Gasteiger partial charge in [0.15, 0.2) is 5.96 Å². The number of aromatic nitrogens is 2. The van der Waals surface area contributed by atoms with Crippen LogP contribution in [0.1, 0.15) is 43.3 Å². The predicted octanol–water partition coefficient (Wildman–Crippen LogP) is 4.04. The first kappa shape index (κ1) is 22.0. The van der Waals surface area contributed by atoms with Gasteiger partial charge in [-0.1, -0.05) is 20.8 Å². The molecule has 0 bridgehead atoms. The Labute approximate surface area is 172 Å². The van der Waals surface area contributed by atoms with Gasteiger partial charge in [-0.3, -0.25) is 0 Å². The van der Waals surface area contributed by atoms with Gasteiger partial charge in [0, 0.05) is 35.2 Å². The van der Waals surface area contributed by atoms with Gasteiger partial charge >= 0.3 is 0 Å². The molecule has 0 aliphatic rings. The van der Waals surface area contributed by atoms with E-state index in [4.69, 9.17) is 0 Å². The largest absolute Gasteiger partial charge is 0.357 e. The number of halogens is 1. The summed E-state index contributed by atoms with van der Waals surface area (Å²) in [4.78, 5) is 11.9. The maximum absolute atomic E-state index is 4.68. The van der Waals surface area contributed by atoms with Crippen molar-refractivity contribution in [1.82, 2.24) is 20.2 Å². The molecule has 25 heavy (non-hydrogen) atoms. The van der Waals surface area contributed by atoms with E-state index in [-0.39, 0.29) is 24.0 Å². The minimum Gasteiger partial charge on any atom is -0.357 e. The molecule has 0 spiro atoms. The van der Waals surface area contributed by atoms with E-state index in [2.05, 4.69) is 65.0 Å². The van der Waals surface area contributed by atoms with Gasteiger partial charge in [-0.25, -0.2) is 9.98 Å². The van der Waals surface area contributed by atoms with E-state index in [1.807, 2.05) is 23.7 Å². The highest BCUT2D eigenvalue weighted by Crippen LogP contribution is 2.16. The molecule has 0 saturated heterocycles. The van der Waals surface area contributed by atoms with Crippen molar-refractivity contribution in [3.8, 4) is 0 Å². The number of aliphatic imine (C=N–C) groups is 1. The molecule has 140 valence electrons. The van der Waals surface area contributed by atoms with E-state index < -0.39 is 0 Å². The number of hydrogen-bond acceptors (Lipinski definition) is 3. The topological polar surface area (TPSA) is 54.2 Å². The van der Waals surface area contributed by atoms with Crippen LogP contribution in [0.4, 0.5) is 0 Å². The summed E-state index contributed by atoms with van der Waals surface area (Å²) in [7, 11) is 0. The average molecular weight is 475 g/mol. The summed E-state index contributed by atoms with van der Waals surface area (Å²) >= 11 is 1.86. The fourth-order valence-electron chi connectivity index (χ4n) is 2.42. The van der Waals surface area contributed by atoms with Crippen molar-refractivity contribution >= 4 is 41.3 Å².